The van der Waals surface area contributed by atoms with Gasteiger partial charge in [0.1, 0.15) is 5.65 Å². The van der Waals surface area contributed by atoms with Gasteiger partial charge in [0, 0.05) is 36.9 Å². The van der Waals surface area contributed by atoms with Crippen molar-refractivity contribution < 1.29 is 13.6 Å². The van der Waals surface area contributed by atoms with Crippen LogP contribution in [0.3, 0.4) is 0 Å². The summed E-state index contributed by atoms with van der Waals surface area (Å²) in [5.41, 5.74) is 2.05. The van der Waals surface area contributed by atoms with Crippen LogP contribution in [0, 0.1) is 11.6 Å². The number of rotatable bonds is 4. The minimum Gasteiger partial charge on any atom is -0.352 e. The van der Waals surface area contributed by atoms with E-state index < -0.39 is 17.5 Å². The van der Waals surface area contributed by atoms with E-state index in [2.05, 4.69) is 10.3 Å². The van der Waals surface area contributed by atoms with E-state index in [1.54, 1.807) is 6.20 Å². The molecule has 1 N–H and O–H groups in total. The topological polar surface area (TPSA) is 46.9 Å². The first-order valence-corrected chi connectivity index (χ1v) is 7.18. The molecule has 0 radical (unpaired) electrons. The fourth-order valence-corrected chi connectivity index (χ4v) is 2.54. The lowest BCUT2D eigenvalue weighted by Crippen LogP contribution is -2.25. The summed E-state index contributed by atoms with van der Waals surface area (Å²) in [6.45, 7) is 0.395. The highest BCUT2D eigenvalue weighted by Gasteiger charge is 2.10. The Hall–Kier alpha value is -2.76. The molecular weight excluding hydrogens is 300 g/mol. The molecule has 0 aliphatic heterocycles. The number of aromatic nitrogens is 2. The molecule has 0 unspecified atom stereocenters. The molecule has 0 aliphatic carbocycles. The average Bonchev–Trinajstić information content (AvgIpc) is 2.87. The maximum absolute atomic E-state index is 13.1. The maximum atomic E-state index is 13.1. The molecule has 3 aromatic rings. The van der Waals surface area contributed by atoms with Gasteiger partial charge in [-0.2, -0.15) is 0 Å². The number of carbonyl (C=O) groups is 1. The number of aryl methyl sites for hydroxylation is 1. The summed E-state index contributed by atoms with van der Waals surface area (Å²) in [4.78, 5) is 16.3. The van der Waals surface area contributed by atoms with E-state index in [0.717, 1.165) is 28.7 Å². The quantitative estimate of drug-likeness (QED) is 0.805. The lowest BCUT2D eigenvalue weighted by Gasteiger charge is -2.05. The van der Waals surface area contributed by atoms with E-state index in [1.165, 1.54) is 6.07 Å². The highest BCUT2D eigenvalue weighted by Crippen LogP contribution is 2.18. The molecule has 0 spiro atoms. The van der Waals surface area contributed by atoms with Gasteiger partial charge in [0.2, 0.25) is 0 Å². The van der Waals surface area contributed by atoms with Crippen LogP contribution < -0.4 is 5.32 Å². The van der Waals surface area contributed by atoms with Crippen molar-refractivity contribution in [2.24, 2.45) is 7.05 Å². The van der Waals surface area contributed by atoms with E-state index in [0.29, 0.717) is 13.0 Å². The van der Waals surface area contributed by atoms with Crippen molar-refractivity contribution >= 4 is 16.9 Å². The molecule has 118 valence electrons. The van der Waals surface area contributed by atoms with E-state index in [1.807, 2.05) is 29.9 Å². The number of nitrogens with one attached hydrogen (secondary N) is 1. The molecule has 0 fully saturated rings. The highest BCUT2D eigenvalue weighted by molar-refractivity contribution is 5.94. The van der Waals surface area contributed by atoms with Crippen LogP contribution in [0.5, 0.6) is 0 Å². The molecule has 2 heterocycles. The number of hydrogen-bond acceptors (Lipinski definition) is 2. The molecule has 0 saturated carbocycles. The fraction of sp³-hybridized carbons (Fsp3) is 0.176. The van der Waals surface area contributed by atoms with Crippen LogP contribution in [0.2, 0.25) is 0 Å². The summed E-state index contributed by atoms with van der Waals surface area (Å²) < 4.78 is 27.9. The lowest BCUT2D eigenvalue weighted by atomic mass is 10.1. The number of benzene rings is 1. The van der Waals surface area contributed by atoms with Crippen LogP contribution in [0.15, 0.2) is 42.7 Å². The van der Waals surface area contributed by atoms with Crippen molar-refractivity contribution in [2.75, 3.05) is 6.54 Å². The molecule has 0 atom stereocenters. The molecular formula is C17H15F2N3O. The smallest absolute Gasteiger partial charge is 0.251 e. The van der Waals surface area contributed by atoms with Gasteiger partial charge in [-0.15, -0.1) is 0 Å². The molecule has 23 heavy (non-hydrogen) atoms. The lowest BCUT2D eigenvalue weighted by molar-refractivity contribution is 0.0953. The molecule has 1 aromatic carbocycles. The normalized spacial score (nSPS) is 10.9. The maximum Gasteiger partial charge on any atom is 0.251 e. The Bertz CT molecular complexity index is 873. The van der Waals surface area contributed by atoms with Crippen LogP contribution in [0.25, 0.3) is 11.0 Å². The fourth-order valence-electron chi connectivity index (χ4n) is 2.54. The Labute approximate surface area is 131 Å². The average molecular weight is 315 g/mol. The molecule has 0 saturated heterocycles. The first-order chi connectivity index (χ1) is 11.1. The second kappa shape index (κ2) is 6.16. The van der Waals surface area contributed by atoms with Gasteiger partial charge < -0.3 is 9.88 Å². The van der Waals surface area contributed by atoms with Gasteiger partial charge in [-0.1, -0.05) is 0 Å². The minimum atomic E-state index is -1.03. The summed E-state index contributed by atoms with van der Waals surface area (Å²) in [6, 6.07) is 6.95. The third-order valence-corrected chi connectivity index (χ3v) is 3.68. The summed E-state index contributed by atoms with van der Waals surface area (Å²) in [6.07, 6.45) is 4.33. The van der Waals surface area contributed by atoms with Gasteiger partial charge in [-0.25, -0.2) is 13.8 Å². The number of fused-ring (bicyclic) bond motifs is 1. The minimum absolute atomic E-state index is 0.100. The van der Waals surface area contributed by atoms with E-state index in [9.17, 15) is 13.6 Å². The number of carbonyl (C=O) groups excluding carboxylic acids is 1. The number of amides is 1. The highest BCUT2D eigenvalue weighted by atomic mass is 19.2. The van der Waals surface area contributed by atoms with Gasteiger partial charge in [0.25, 0.3) is 5.91 Å². The molecule has 0 bridgehead atoms. The van der Waals surface area contributed by atoms with Crippen molar-refractivity contribution in [1.29, 1.82) is 0 Å². The zero-order chi connectivity index (χ0) is 16.4. The van der Waals surface area contributed by atoms with Gasteiger partial charge in [-0.3, -0.25) is 4.79 Å². The monoisotopic (exact) mass is 315 g/mol. The van der Waals surface area contributed by atoms with E-state index in [-0.39, 0.29) is 5.56 Å². The van der Waals surface area contributed by atoms with Crippen LogP contribution in [0.4, 0.5) is 8.78 Å². The summed E-state index contributed by atoms with van der Waals surface area (Å²) in [7, 11) is 1.92. The third kappa shape index (κ3) is 3.06. The second-order valence-electron chi connectivity index (χ2n) is 5.27. The van der Waals surface area contributed by atoms with Crippen molar-refractivity contribution in [3.8, 4) is 0 Å². The number of pyridine rings is 1. The van der Waals surface area contributed by atoms with Gasteiger partial charge in [0.05, 0.1) is 0 Å². The number of nitrogens with zero attached hydrogens (tertiary/aromatic N) is 2. The zero-order valence-electron chi connectivity index (χ0n) is 12.5. The van der Waals surface area contributed by atoms with Crippen LogP contribution in [-0.4, -0.2) is 22.0 Å². The summed E-state index contributed by atoms with van der Waals surface area (Å²) in [5.74, 6) is -2.43. The second-order valence-corrected chi connectivity index (χ2v) is 5.27. The molecule has 3 rings (SSSR count). The van der Waals surface area contributed by atoms with Crippen LogP contribution in [0.1, 0.15) is 15.9 Å². The molecule has 2 aromatic heterocycles. The molecule has 0 aliphatic rings. The first kappa shape index (κ1) is 15.1. The standard InChI is InChI=1S/C17H15F2N3O/c1-22-10-12(13-3-2-7-20-16(13)22)6-8-21-17(23)11-4-5-14(18)15(19)9-11/h2-5,7,9-10H,6,8H2,1H3,(H,21,23). The van der Waals surface area contributed by atoms with Crippen molar-refractivity contribution in [2.45, 2.75) is 6.42 Å². The van der Waals surface area contributed by atoms with Crippen molar-refractivity contribution in [3.63, 3.8) is 0 Å². The largest absolute Gasteiger partial charge is 0.352 e. The van der Waals surface area contributed by atoms with Crippen LogP contribution >= 0.6 is 0 Å². The number of halogens is 2. The molecule has 6 heteroatoms. The summed E-state index contributed by atoms with van der Waals surface area (Å²) in [5, 5.41) is 3.75. The molecule has 1 amide bonds. The molecule has 4 nitrogen and oxygen atoms in total. The predicted octanol–water partition coefficient (Wildman–Crippen LogP) is 2.82. The summed E-state index contributed by atoms with van der Waals surface area (Å²) >= 11 is 0. The number of hydrogen-bond donors (Lipinski definition) is 1. The van der Waals surface area contributed by atoms with Gasteiger partial charge >= 0.3 is 0 Å². The first-order valence-electron chi connectivity index (χ1n) is 7.18. The Morgan fingerprint density at radius 3 is 2.87 bits per heavy atom. The predicted molar refractivity (Wildman–Crippen MR) is 83.1 cm³/mol. The van der Waals surface area contributed by atoms with Crippen LogP contribution in [-0.2, 0) is 13.5 Å². The third-order valence-electron chi connectivity index (χ3n) is 3.68. The Kier molecular flexibility index (Phi) is 4.06. The Morgan fingerprint density at radius 1 is 1.26 bits per heavy atom. The van der Waals surface area contributed by atoms with Gasteiger partial charge in [-0.05, 0) is 42.3 Å². The van der Waals surface area contributed by atoms with E-state index >= 15 is 0 Å². The Morgan fingerprint density at radius 2 is 2.09 bits per heavy atom. The zero-order valence-corrected chi connectivity index (χ0v) is 12.5. The SMILES string of the molecule is Cn1cc(CCNC(=O)c2ccc(F)c(F)c2)c2cccnc21. The van der Waals surface area contributed by atoms with Crippen molar-refractivity contribution in [1.82, 2.24) is 14.9 Å². The van der Waals surface area contributed by atoms with Gasteiger partial charge in [0.15, 0.2) is 11.6 Å². The Balaban J connectivity index is 1.66. The van der Waals surface area contributed by atoms with E-state index in [4.69, 9.17) is 0 Å². The van der Waals surface area contributed by atoms with Crippen molar-refractivity contribution in [3.05, 3.63) is 65.5 Å².